The van der Waals surface area contributed by atoms with Crippen molar-refractivity contribution in [3.05, 3.63) is 35.7 Å². The van der Waals surface area contributed by atoms with E-state index in [0.717, 1.165) is 12.0 Å². The minimum atomic E-state index is -3.50. The number of nitrogens with zero attached hydrogens (tertiary/aromatic N) is 4. The third kappa shape index (κ3) is 3.89. The molecule has 0 aliphatic rings. The minimum absolute atomic E-state index is 0.142. The van der Waals surface area contributed by atoms with Crippen LogP contribution in [-0.2, 0) is 22.9 Å². The maximum Gasteiger partial charge on any atom is 0.240 e. The Morgan fingerprint density at radius 2 is 1.91 bits per heavy atom. The summed E-state index contributed by atoms with van der Waals surface area (Å²) in [5.74, 6) is 0.666. The van der Waals surface area contributed by atoms with Gasteiger partial charge in [0.2, 0.25) is 10.0 Å². The molecule has 8 heteroatoms. The number of aryl methyl sites for hydroxylation is 1. The van der Waals surface area contributed by atoms with Crippen LogP contribution in [0.15, 0.2) is 29.2 Å². The molecule has 1 aromatic carbocycles. The fraction of sp³-hybridized carbons (Fsp3) is 0.500. The van der Waals surface area contributed by atoms with Crippen LogP contribution in [0, 0.1) is 0 Å². The van der Waals surface area contributed by atoms with Gasteiger partial charge in [-0.3, -0.25) is 0 Å². The van der Waals surface area contributed by atoms with Gasteiger partial charge in [0, 0.05) is 13.0 Å². The Balaban J connectivity index is 1.99. The van der Waals surface area contributed by atoms with Crippen molar-refractivity contribution in [2.24, 2.45) is 0 Å². The molecule has 0 aliphatic carbocycles. The molecule has 1 aromatic heterocycles. The van der Waals surface area contributed by atoms with Crippen molar-refractivity contribution < 1.29 is 8.42 Å². The van der Waals surface area contributed by atoms with E-state index >= 15 is 0 Å². The lowest BCUT2D eigenvalue weighted by atomic mass is 10.2. The van der Waals surface area contributed by atoms with E-state index < -0.39 is 10.0 Å². The third-order valence-corrected chi connectivity index (χ3v) is 4.81. The van der Waals surface area contributed by atoms with Gasteiger partial charge in [0.15, 0.2) is 5.82 Å². The van der Waals surface area contributed by atoms with E-state index in [1.165, 1.54) is 0 Å². The van der Waals surface area contributed by atoms with Crippen molar-refractivity contribution in [2.45, 2.75) is 44.6 Å². The van der Waals surface area contributed by atoms with Crippen LogP contribution in [0.5, 0.6) is 0 Å². The van der Waals surface area contributed by atoms with Gasteiger partial charge in [-0.05, 0) is 48.4 Å². The van der Waals surface area contributed by atoms with Gasteiger partial charge in [-0.1, -0.05) is 19.1 Å². The molecule has 0 aliphatic heterocycles. The van der Waals surface area contributed by atoms with E-state index in [0.29, 0.717) is 12.2 Å². The van der Waals surface area contributed by atoms with E-state index in [4.69, 9.17) is 0 Å². The number of tetrazole rings is 1. The number of sulfonamides is 1. The highest BCUT2D eigenvalue weighted by molar-refractivity contribution is 7.89. The summed E-state index contributed by atoms with van der Waals surface area (Å²) in [5.41, 5.74) is 1.11. The van der Waals surface area contributed by atoms with Gasteiger partial charge >= 0.3 is 0 Å². The lowest BCUT2D eigenvalue weighted by Gasteiger charge is -2.09. The molecule has 0 amide bonds. The van der Waals surface area contributed by atoms with E-state index in [2.05, 4.69) is 20.2 Å². The Morgan fingerprint density at radius 3 is 2.50 bits per heavy atom. The summed E-state index contributed by atoms with van der Waals surface area (Å²) in [7, 11) is -3.50. The summed E-state index contributed by atoms with van der Waals surface area (Å²) < 4.78 is 28.7. The maximum atomic E-state index is 12.2. The molecule has 0 unspecified atom stereocenters. The number of rotatable bonds is 7. The molecule has 22 heavy (non-hydrogen) atoms. The molecule has 1 heterocycles. The summed E-state index contributed by atoms with van der Waals surface area (Å²) in [4.78, 5) is 0.271. The predicted octanol–water partition coefficient (Wildman–Crippen LogP) is 1.34. The number of hydrogen-bond acceptors (Lipinski definition) is 5. The van der Waals surface area contributed by atoms with E-state index in [-0.39, 0.29) is 17.5 Å². The van der Waals surface area contributed by atoms with E-state index in [1.54, 1.807) is 16.8 Å². The van der Waals surface area contributed by atoms with E-state index in [9.17, 15) is 8.42 Å². The molecule has 1 N–H and O–H groups in total. The highest BCUT2D eigenvalue weighted by Crippen LogP contribution is 2.11. The fourth-order valence-corrected chi connectivity index (χ4v) is 3.09. The van der Waals surface area contributed by atoms with Gasteiger partial charge in [-0.2, -0.15) is 0 Å². The van der Waals surface area contributed by atoms with Gasteiger partial charge in [-0.25, -0.2) is 17.8 Å². The molecule has 0 fully saturated rings. The predicted molar refractivity (Wildman–Crippen MR) is 82.9 cm³/mol. The van der Waals surface area contributed by atoms with Gasteiger partial charge in [-0.15, -0.1) is 5.10 Å². The molecule has 0 saturated carbocycles. The number of hydrogen-bond donors (Lipinski definition) is 1. The highest BCUT2D eigenvalue weighted by atomic mass is 32.2. The molecule has 7 nitrogen and oxygen atoms in total. The largest absolute Gasteiger partial charge is 0.240 e. The summed E-state index contributed by atoms with van der Waals surface area (Å²) in [6.45, 7) is 6.23. The number of aromatic nitrogens is 4. The maximum absolute atomic E-state index is 12.2. The summed E-state index contributed by atoms with van der Waals surface area (Å²) >= 11 is 0. The Kier molecular flexibility index (Phi) is 5.25. The molecule has 0 atom stereocenters. The second kappa shape index (κ2) is 6.97. The quantitative estimate of drug-likeness (QED) is 0.830. The molecule has 0 bridgehead atoms. The molecule has 0 spiro atoms. The lowest BCUT2D eigenvalue weighted by Crippen LogP contribution is -2.27. The van der Waals surface area contributed by atoms with Crippen LogP contribution < -0.4 is 4.72 Å². The van der Waals surface area contributed by atoms with Crippen molar-refractivity contribution >= 4 is 10.0 Å². The summed E-state index contributed by atoms with van der Waals surface area (Å²) in [5, 5.41) is 11.4. The van der Waals surface area contributed by atoms with Gasteiger partial charge < -0.3 is 0 Å². The van der Waals surface area contributed by atoms with Crippen molar-refractivity contribution in [2.75, 3.05) is 6.54 Å². The molecule has 0 saturated heterocycles. The molecule has 2 rings (SSSR count). The average molecular weight is 323 g/mol. The van der Waals surface area contributed by atoms with Crippen molar-refractivity contribution in [3.63, 3.8) is 0 Å². The first-order valence-electron chi connectivity index (χ1n) is 7.29. The zero-order valence-corrected chi connectivity index (χ0v) is 13.8. The van der Waals surface area contributed by atoms with Crippen LogP contribution in [0.1, 0.15) is 38.2 Å². The zero-order chi connectivity index (χ0) is 16.2. The Labute approximate surface area is 130 Å². The molecule has 0 radical (unpaired) electrons. The Hall–Kier alpha value is -1.80. The monoisotopic (exact) mass is 323 g/mol. The van der Waals surface area contributed by atoms with Crippen LogP contribution >= 0.6 is 0 Å². The highest BCUT2D eigenvalue weighted by Gasteiger charge is 2.15. The van der Waals surface area contributed by atoms with Crippen molar-refractivity contribution in [1.29, 1.82) is 0 Å². The molecular weight excluding hydrogens is 302 g/mol. The molecule has 120 valence electrons. The second-order valence-electron chi connectivity index (χ2n) is 5.28. The smallest absolute Gasteiger partial charge is 0.227 e. The van der Waals surface area contributed by atoms with Gasteiger partial charge in [0.1, 0.15) is 0 Å². The first-order chi connectivity index (χ1) is 10.4. The van der Waals surface area contributed by atoms with Crippen LogP contribution in [0.4, 0.5) is 0 Å². The standard InChI is InChI=1S/C14H21N5O2S/c1-4-12-5-7-13(8-6-12)22(20,21)15-10-9-14-16-17-18-19(14)11(2)3/h5-8,11,15H,4,9-10H2,1-3H3. The number of nitrogens with one attached hydrogen (secondary N) is 1. The Bertz CT molecular complexity index is 707. The topological polar surface area (TPSA) is 89.8 Å². The minimum Gasteiger partial charge on any atom is -0.227 e. The van der Waals surface area contributed by atoms with Crippen LogP contribution in [0.3, 0.4) is 0 Å². The van der Waals surface area contributed by atoms with Crippen LogP contribution in [0.2, 0.25) is 0 Å². The van der Waals surface area contributed by atoms with Crippen molar-refractivity contribution in [3.8, 4) is 0 Å². The lowest BCUT2D eigenvalue weighted by molar-refractivity contribution is 0.492. The fourth-order valence-electron chi connectivity index (χ4n) is 2.06. The summed E-state index contributed by atoms with van der Waals surface area (Å²) in [6.07, 6.45) is 1.32. The van der Waals surface area contributed by atoms with Crippen LogP contribution in [-0.4, -0.2) is 35.2 Å². The number of benzene rings is 1. The van der Waals surface area contributed by atoms with Crippen LogP contribution in [0.25, 0.3) is 0 Å². The van der Waals surface area contributed by atoms with E-state index in [1.807, 2.05) is 32.9 Å². The Morgan fingerprint density at radius 1 is 1.23 bits per heavy atom. The normalized spacial score (nSPS) is 12.0. The van der Waals surface area contributed by atoms with Crippen molar-refractivity contribution in [1.82, 2.24) is 24.9 Å². The molecular formula is C14H21N5O2S. The zero-order valence-electron chi connectivity index (χ0n) is 13.0. The van der Waals surface area contributed by atoms with Gasteiger partial charge in [0.05, 0.1) is 10.9 Å². The molecule has 2 aromatic rings. The first-order valence-corrected chi connectivity index (χ1v) is 8.77. The average Bonchev–Trinajstić information content (AvgIpc) is 2.96. The second-order valence-corrected chi connectivity index (χ2v) is 7.05. The first kappa shape index (κ1) is 16.6. The summed E-state index contributed by atoms with van der Waals surface area (Å²) in [6, 6.07) is 7.05. The SMILES string of the molecule is CCc1ccc(S(=O)(=O)NCCc2nnnn2C(C)C)cc1. The third-order valence-electron chi connectivity index (χ3n) is 3.33. The van der Waals surface area contributed by atoms with Gasteiger partial charge in [0.25, 0.3) is 0 Å².